The number of nitrogens with one attached hydrogen (secondary N) is 2. The van der Waals surface area contributed by atoms with E-state index in [9.17, 15) is 9.90 Å². The van der Waals surface area contributed by atoms with Crippen molar-refractivity contribution in [2.45, 2.75) is 6.92 Å². The predicted octanol–water partition coefficient (Wildman–Crippen LogP) is 3.62. The van der Waals surface area contributed by atoms with Crippen LogP contribution in [0, 0.1) is 0 Å². The number of fused-ring (bicyclic) bond motifs is 1. The monoisotopic (exact) mass is 377 g/mol. The Balaban J connectivity index is 0.000000223. The van der Waals surface area contributed by atoms with Crippen LogP contribution >= 0.6 is 11.6 Å². The number of hydrogen-bond acceptors (Lipinski definition) is 5. The van der Waals surface area contributed by atoms with Crippen molar-refractivity contribution in [3.8, 4) is 11.5 Å². The highest BCUT2D eigenvalue weighted by molar-refractivity contribution is 6.31. The first kappa shape index (κ1) is 19.3. The van der Waals surface area contributed by atoms with Gasteiger partial charge in [0.05, 0.1) is 16.7 Å². The van der Waals surface area contributed by atoms with E-state index in [1.54, 1.807) is 13.0 Å². The minimum absolute atomic E-state index is 0.0403. The molecule has 8 heteroatoms. The number of rotatable bonds is 5. The van der Waals surface area contributed by atoms with Gasteiger partial charge in [-0.3, -0.25) is 10.2 Å². The van der Waals surface area contributed by atoms with Crippen molar-refractivity contribution >= 4 is 34.3 Å². The number of benzene rings is 2. The minimum atomic E-state index is -0.450. The van der Waals surface area contributed by atoms with Gasteiger partial charge in [-0.2, -0.15) is 0 Å². The number of aromatic hydroxyl groups is 1. The summed E-state index contributed by atoms with van der Waals surface area (Å²) in [5, 5.41) is 15.9. The lowest BCUT2D eigenvalue weighted by molar-refractivity contribution is -0.139. The number of esters is 1. The normalized spacial score (nSPS) is 10.1. The van der Waals surface area contributed by atoms with Gasteiger partial charge >= 0.3 is 5.97 Å². The van der Waals surface area contributed by atoms with Crippen molar-refractivity contribution in [1.29, 1.82) is 0 Å². The molecular formula is C18H20ClN3O4. The van der Waals surface area contributed by atoms with Crippen molar-refractivity contribution in [1.82, 2.24) is 10.2 Å². The topological polar surface area (TPSA) is 113 Å². The molecule has 0 saturated heterocycles. The number of phenols is 1. The molecule has 1 heterocycles. The minimum Gasteiger partial charge on any atom is -0.506 e. The summed E-state index contributed by atoms with van der Waals surface area (Å²) in [5.74, 6) is -0.0294. The molecule has 3 rings (SSSR count). The molecule has 26 heavy (non-hydrogen) atoms. The summed E-state index contributed by atoms with van der Waals surface area (Å²) in [6.45, 7) is 5.34. The number of phenolic OH excluding ortho intramolecular Hbond substituents is 1. The van der Waals surface area contributed by atoms with Crippen LogP contribution in [0.25, 0.3) is 11.0 Å². The third-order valence-electron chi connectivity index (χ3n) is 3.25. The predicted molar refractivity (Wildman–Crippen MR) is 101 cm³/mol. The summed E-state index contributed by atoms with van der Waals surface area (Å²) in [4.78, 5) is 11.0. The van der Waals surface area contributed by atoms with Crippen molar-refractivity contribution in [3.05, 3.63) is 53.6 Å². The SMILES string of the molecule is C=C(C)C(=O)OCCOc1ccc(N)c(O)c1.Clc1ccc2[nH][nH]c2c1. The van der Waals surface area contributed by atoms with Crippen LogP contribution in [0.1, 0.15) is 6.92 Å². The number of ether oxygens (including phenoxy) is 2. The van der Waals surface area contributed by atoms with Gasteiger partial charge in [-0.25, -0.2) is 4.79 Å². The van der Waals surface area contributed by atoms with Crippen LogP contribution in [0.5, 0.6) is 11.5 Å². The third-order valence-corrected chi connectivity index (χ3v) is 3.48. The summed E-state index contributed by atoms with van der Waals surface area (Å²) in [5.41, 5.74) is 8.24. The number of aromatic amines is 2. The summed E-state index contributed by atoms with van der Waals surface area (Å²) >= 11 is 5.68. The van der Waals surface area contributed by atoms with E-state index in [0.717, 1.165) is 16.1 Å². The van der Waals surface area contributed by atoms with Crippen LogP contribution in [0.4, 0.5) is 5.69 Å². The first-order valence-corrected chi connectivity index (χ1v) is 8.10. The first-order chi connectivity index (χ1) is 12.4. The lowest BCUT2D eigenvalue weighted by atomic mass is 10.3. The first-order valence-electron chi connectivity index (χ1n) is 7.72. The zero-order chi connectivity index (χ0) is 19.1. The van der Waals surface area contributed by atoms with E-state index >= 15 is 0 Å². The zero-order valence-corrected chi connectivity index (χ0v) is 15.0. The fourth-order valence-electron chi connectivity index (χ4n) is 1.83. The highest BCUT2D eigenvalue weighted by Gasteiger charge is 2.03. The number of H-pyrrole nitrogens is 2. The van der Waals surface area contributed by atoms with Gasteiger partial charge in [0.25, 0.3) is 0 Å². The Bertz CT molecular complexity index is 901. The Hall–Kier alpha value is -3.06. The summed E-state index contributed by atoms with van der Waals surface area (Å²) in [6, 6.07) is 10.2. The molecule has 0 saturated carbocycles. The molecule has 0 bridgehead atoms. The maximum absolute atomic E-state index is 11.0. The molecule has 7 nitrogen and oxygen atoms in total. The Labute approximate surface area is 155 Å². The highest BCUT2D eigenvalue weighted by Crippen LogP contribution is 2.25. The largest absolute Gasteiger partial charge is 0.506 e. The van der Waals surface area contributed by atoms with E-state index in [1.807, 2.05) is 18.2 Å². The number of anilines is 1. The highest BCUT2D eigenvalue weighted by atomic mass is 35.5. The van der Waals surface area contributed by atoms with E-state index in [2.05, 4.69) is 16.8 Å². The van der Waals surface area contributed by atoms with E-state index < -0.39 is 5.97 Å². The van der Waals surface area contributed by atoms with Crippen molar-refractivity contribution < 1.29 is 19.4 Å². The van der Waals surface area contributed by atoms with Gasteiger partial charge in [-0.05, 0) is 37.3 Å². The lowest BCUT2D eigenvalue weighted by Gasteiger charge is -2.08. The van der Waals surface area contributed by atoms with Gasteiger partial charge in [-0.15, -0.1) is 0 Å². The fraction of sp³-hybridized carbons (Fsp3) is 0.167. The van der Waals surface area contributed by atoms with Crippen LogP contribution in [0.15, 0.2) is 48.6 Å². The quantitative estimate of drug-likeness (QED) is 0.178. The number of aromatic nitrogens is 2. The van der Waals surface area contributed by atoms with Gasteiger partial charge in [0, 0.05) is 16.7 Å². The molecule has 5 N–H and O–H groups in total. The lowest BCUT2D eigenvalue weighted by Crippen LogP contribution is -2.12. The van der Waals surface area contributed by atoms with Crippen LogP contribution < -0.4 is 10.5 Å². The van der Waals surface area contributed by atoms with Crippen LogP contribution in [0.2, 0.25) is 5.02 Å². The second kappa shape index (κ2) is 8.87. The third kappa shape index (κ3) is 5.49. The van der Waals surface area contributed by atoms with Gasteiger partial charge in [-0.1, -0.05) is 18.2 Å². The number of halogens is 1. The number of nitrogen functional groups attached to an aromatic ring is 1. The maximum Gasteiger partial charge on any atom is 0.333 e. The maximum atomic E-state index is 11.0. The second-order valence-electron chi connectivity index (χ2n) is 5.43. The van der Waals surface area contributed by atoms with E-state index in [-0.39, 0.29) is 24.7 Å². The van der Waals surface area contributed by atoms with E-state index in [0.29, 0.717) is 11.3 Å². The van der Waals surface area contributed by atoms with Crippen molar-refractivity contribution in [3.63, 3.8) is 0 Å². The molecule has 0 aliphatic heterocycles. The number of carbonyl (C=O) groups is 1. The smallest absolute Gasteiger partial charge is 0.333 e. The standard InChI is InChI=1S/C12H15NO4.C6H5ClN2/c1-8(2)12(15)17-6-5-16-9-3-4-10(13)11(14)7-9;7-4-1-2-5-6(3-4)9-8-5/h3-4,7,14H,1,5-6,13H2,2H3;1-3,8-9H. The van der Waals surface area contributed by atoms with Gasteiger partial charge in [0.2, 0.25) is 0 Å². The molecule has 0 aliphatic rings. The molecule has 2 aromatic carbocycles. The molecular weight excluding hydrogens is 358 g/mol. The van der Waals surface area contributed by atoms with Gasteiger partial charge < -0.3 is 20.3 Å². The summed E-state index contributed by atoms with van der Waals surface area (Å²) in [7, 11) is 0. The average Bonchev–Trinajstić information content (AvgIpc) is 2.58. The Morgan fingerprint density at radius 3 is 2.46 bits per heavy atom. The molecule has 0 spiro atoms. The van der Waals surface area contributed by atoms with E-state index in [4.69, 9.17) is 26.8 Å². The summed E-state index contributed by atoms with van der Waals surface area (Å²) < 4.78 is 10.1. The Morgan fingerprint density at radius 1 is 1.19 bits per heavy atom. The van der Waals surface area contributed by atoms with E-state index in [1.165, 1.54) is 12.1 Å². The molecule has 3 aromatic rings. The van der Waals surface area contributed by atoms with Crippen LogP contribution in [-0.2, 0) is 9.53 Å². The fourth-order valence-corrected chi connectivity index (χ4v) is 2.00. The van der Waals surface area contributed by atoms with Crippen molar-refractivity contribution in [2.24, 2.45) is 0 Å². The average molecular weight is 378 g/mol. The molecule has 0 amide bonds. The molecule has 0 fully saturated rings. The van der Waals surface area contributed by atoms with Gasteiger partial charge in [0.1, 0.15) is 24.7 Å². The number of carbonyl (C=O) groups excluding carboxylic acids is 1. The molecule has 0 unspecified atom stereocenters. The number of hydrogen-bond donors (Lipinski definition) is 4. The molecule has 0 aliphatic carbocycles. The molecule has 0 atom stereocenters. The second-order valence-corrected chi connectivity index (χ2v) is 5.86. The molecule has 1 aromatic heterocycles. The van der Waals surface area contributed by atoms with Crippen LogP contribution in [-0.4, -0.2) is 34.5 Å². The molecule has 0 radical (unpaired) electrons. The Morgan fingerprint density at radius 2 is 1.92 bits per heavy atom. The number of nitrogens with two attached hydrogens (primary N) is 1. The zero-order valence-electron chi connectivity index (χ0n) is 14.2. The summed E-state index contributed by atoms with van der Waals surface area (Å²) in [6.07, 6.45) is 0. The Kier molecular flexibility index (Phi) is 6.57. The van der Waals surface area contributed by atoms with Crippen molar-refractivity contribution in [2.75, 3.05) is 18.9 Å². The van der Waals surface area contributed by atoms with Gasteiger partial charge in [0.15, 0.2) is 0 Å². The molecule has 138 valence electrons. The van der Waals surface area contributed by atoms with Crippen LogP contribution in [0.3, 0.4) is 0 Å².